The highest BCUT2D eigenvalue weighted by molar-refractivity contribution is 5.90. The van der Waals surface area contributed by atoms with Crippen LogP contribution in [0, 0.1) is 0 Å². The van der Waals surface area contributed by atoms with Gasteiger partial charge in [0.1, 0.15) is 5.69 Å². The molecule has 0 atom stereocenters. The number of carbonyl (C=O) groups is 1. The van der Waals surface area contributed by atoms with Crippen LogP contribution in [-0.4, -0.2) is 22.7 Å². The molecule has 1 aromatic heterocycles. The Morgan fingerprint density at radius 3 is 2.75 bits per heavy atom. The Morgan fingerprint density at radius 2 is 2.33 bits per heavy atom. The van der Waals surface area contributed by atoms with Gasteiger partial charge in [-0.05, 0) is 0 Å². The van der Waals surface area contributed by atoms with Gasteiger partial charge in [0.15, 0.2) is 0 Å². The minimum Gasteiger partial charge on any atom is -0.445 e. The van der Waals surface area contributed by atoms with Crippen molar-refractivity contribution in [1.29, 1.82) is 0 Å². The van der Waals surface area contributed by atoms with E-state index in [0.717, 1.165) is 12.4 Å². The molecular formula is C6H6FN3O2. The lowest BCUT2D eigenvalue weighted by Crippen LogP contribution is -2.13. The first-order valence-corrected chi connectivity index (χ1v) is 3.04. The lowest BCUT2D eigenvalue weighted by molar-refractivity contribution is 0.0995. The average molecular weight is 171 g/mol. The monoisotopic (exact) mass is 171 g/mol. The third kappa shape index (κ3) is 1.88. The average Bonchev–Trinajstić information content (AvgIpc) is 2.06. The third-order valence-electron chi connectivity index (χ3n) is 1.08. The van der Waals surface area contributed by atoms with E-state index in [2.05, 4.69) is 14.7 Å². The summed E-state index contributed by atoms with van der Waals surface area (Å²) in [6.45, 7) is -0.982. The molecule has 0 saturated heterocycles. The Labute approximate surface area is 67.4 Å². The Kier molecular flexibility index (Phi) is 2.52. The number of hydrogen-bond acceptors (Lipinski definition) is 4. The fourth-order valence-electron chi connectivity index (χ4n) is 0.574. The highest BCUT2D eigenvalue weighted by Crippen LogP contribution is 2.02. The van der Waals surface area contributed by atoms with Crippen LogP contribution in [0.4, 0.5) is 4.39 Å². The topological polar surface area (TPSA) is 78.1 Å². The summed E-state index contributed by atoms with van der Waals surface area (Å²) in [7, 11) is 0. The van der Waals surface area contributed by atoms with E-state index in [-0.39, 0.29) is 11.6 Å². The van der Waals surface area contributed by atoms with E-state index in [9.17, 15) is 9.18 Å². The van der Waals surface area contributed by atoms with Gasteiger partial charge in [-0.1, -0.05) is 0 Å². The van der Waals surface area contributed by atoms with Crippen molar-refractivity contribution in [2.24, 2.45) is 5.73 Å². The normalized spacial score (nSPS) is 9.42. The lowest BCUT2D eigenvalue weighted by Gasteiger charge is -1.98. The highest BCUT2D eigenvalue weighted by atomic mass is 19.1. The summed E-state index contributed by atoms with van der Waals surface area (Å²) in [4.78, 5) is 17.6. The van der Waals surface area contributed by atoms with Crippen LogP contribution in [-0.2, 0) is 0 Å². The van der Waals surface area contributed by atoms with Crippen LogP contribution in [0.5, 0.6) is 5.88 Å². The SMILES string of the molecule is NC(=O)c1cnc(OCF)cn1. The minimum atomic E-state index is -0.982. The van der Waals surface area contributed by atoms with Gasteiger partial charge in [0.25, 0.3) is 5.91 Å². The van der Waals surface area contributed by atoms with E-state index < -0.39 is 12.8 Å². The van der Waals surface area contributed by atoms with E-state index in [1.54, 1.807) is 0 Å². The van der Waals surface area contributed by atoms with Gasteiger partial charge in [-0.3, -0.25) is 4.79 Å². The number of carbonyl (C=O) groups excluding carboxylic acids is 1. The molecule has 1 heterocycles. The van der Waals surface area contributed by atoms with Crippen LogP contribution in [0.2, 0.25) is 0 Å². The molecule has 0 unspecified atom stereocenters. The first-order valence-electron chi connectivity index (χ1n) is 3.04. The van der Waals surface area contributed by atoms with E-state index >= 15 is 0 Å². The Hall–Kier alpha value is -1.72. The number of hydrogen-bond donors (Lipinski definition) is 1. The molecule has 0 aliphatic rings. The van der Waals surface area contributed by atoms with Crippen molar-refractivity contribution in [3.63, 3.8) is 0 Å². The van der Waals surface area contributed by atoms with Crippen LogP contribution in [0.1, 0.15) is 10.5 Å². The highest BCUT2D eigenvalue weighted by Gasteiger charge is 2.02. The van der Waals surface area contributed by atoms with E-state index in [1.807, 2.05) is 0 Å². The number of primary amides is 1. The maximum atomic E-state index is 11.6. The number of amides is 1. The number of halogens is 1. The molecule has 12 heavy (non-hydrogen) atoms. The molecule has 64 valence electrons. The molecule has 6 heteroatoms. The zero-order valence-electron chi connectivity index (χ0n) is 6.03. The fourth-order valence-corrected chi connectivity index (χ4v) is 0.574. The molecule has 1 amide bonds. The maximum Gasteiger partial charge on any atom is 0.268 e. The Morgan fingerprint density at radius 1 is 1.58 bits per heavy atom. The van der Waals surface area contributed by atoms with Crippen molar-refractivity contribution in [2.45, 2.75) is 0 Å². The number of alkyl halides is 1. The summed E-state index contributed by atoms with van der Waals surface area (Å²) < 4.78 is 15.9. The molecule has 0 bridgehead atoms. The van der Waals surface area contributed by atoms with E-state index in [0.29, 0.717) is 0 Å². The van der Waals surface area contributed by atoms with Crippen LogP contribution < -0.4 is 10.5 Å². The second-order valence-corrected chi connectivity index (χ2v) is 1.86. The first-order chi connectivity index (χ1) is 5.74. The molecule has 0 spiro atoms. The minimum absolute atomic E-state index is 0.0150. The molecule has 1 aromatic rings. The van der Waals surface area contributed by atoms with Gasteiger partial charge in [-0.25, -0.2) is 14.4 Å². The van der Waals surface area contributed by atoms with Crippen LogP contribution in [0.3, 0.4) is 0 Å². The Balaban J connectivity index is 2.78. The van der Waals surface area contributed by atoms with Gasteiger partial charge in [0.05, 0.1) is 12.4 Å². The zero-order valence-corrected chi connectivity index (χ0v) is 6.03. The van der Waals surface area contributed by atoms with Crippen molar-refractivity contribution in [3.05, 3.63) is 18.1 Å². The molecule has 0 saturated carbocycles. The maximum absolute atomic E-state index is 11.6. The molecule has 0 aliphatic carbocycles. The third-order valence-corrected chi connectivity index (χ3v) is 1.08. The largest absolute Gasteiger partial charge is 0.445 e. The molecule has 2 N–H and O–H groups in total. The molecule has 5 nitrogen and oxygen atoms in total. The summed E-state index contributed by atoms with van der Waals surface area (Å²) in [6, 6.07) is 0. The summed E-state index contributed by atoms with van der Waals surface area (Å²) in [5.41, 5.74) is 4.90. The molecule has 0 fully saturated rings. The second-order valence-electron chi connectivity index (χ2n) is 1.86. The number of ether oxygens (including phenoxy) is 1. The summed E-state index contributed by atoms with van der Waals surface area (Å²) >= 11 is 0. The molecule has 0 radical (unpaired) electrons. The van der Waals surface area contributed by atoms with Crippen LogP contribution in [0.15, 0.2) is 12.4 Å². The lowest BCUT2D eigenvalue weighted by atomic mass is 10.4. The number of aromatic nitrogens is 2. The second kappa shape index (κ2) is 3.61. The number of nitrogens with two attached hydrogens (primary N) is 1. The van der Waals surface area contributed by atoms with E-state index in [4.69, 9.17) is 5.73 Å². The Bertz CT molecular complexity index is 275. The standard InChI is InChI=1S/C6H6FN3O2/c7-3-12-5-2-9-4(1-10-5)6(8)11/h1-2H,3H2,(H2,8,11). The number of nitrogens with zero attached hydrogens (tertiary/aromatic N) is 2. The summed E-state index contributed by atoms with van der Waals surface area (Å²) in [5.74, 6) is -0.670. The zero-order chi connectivity index (χ0) is 8.97. The number of rotatable bonds is 3. The van der Waals surface area contributed by atoms with E-state index in [1.165, 1.54) is 0 Å². The smallest absolute Gasteiger partial charge is 0.268 e. The van der Waals surface area contributed by atoms with Gasteiger partial charge in [0.2, 0.25) is 12.7 Å². The van der Waals surface area contributed by atoms with Crippen molar-refractivity contribution in [2.75, 3.05) is 6.86 Å². The summed E-state index contributed by atoms with van der Waals surface area (Å²) in [6.07, 6.45) is 2.24. The predicted octanol–water partition coefficient (Wildman–Crippen LogP) is -0.119. The van der Waals surface area contributed by atoms with Gasteiger partial charge in [0, 0.05) is 0 Å². The van der Waals surface area contributed by atoms with Crippen molar-refractivity contribution in [3.8, 4) is 5.88 Å². The van der Waals surface area contributed by atoms with Gasteiger partial charge < -0.3 is 10.5 Å². The van der Waals surface area contributed by atoms with Gasteiger partial charge >= 0.3 is 0 Å². The molecule has 0 aromatic carbocycles. The van der Waals surface area contributed by atoms with Crippen LogP contribution in [0.25, 0.3) is 0 Å². The van der Waals surface area contributed by atoms with Crippen molar-refractivity contribution in [1.82, 2.24) is 9.97 Å². The summed E-state index contributed by atoms with van der Waals surface area (Å²) in [5, 5.41) is 0. The van der Waals surface area contributed by atoms with Crippen LogP contribution >= 0.6 is 0 Å². The quantitative estimate of drug-likeness (QED) is 0.687. The fraction of sp³-hybridized carbons (Fsp3) is 0.167. The van der Waals surface area contributed by atoms with Crippen molar-refractivity contribution >= 4 is 5.91 Å². The van der Waals surface area contributed by atoms with Crippen molar-refractivity contribution < 1.29 is 13.9 Å². The molecule has 0 aliphatic heterocycles. The molecule has 1 rings (SSSR count). The first kappa shape index (κ1) is 8.38. The van der Waals surface area contributed by atoms with Gasteiger partial charge in [-0.2, -0.15) is 0 Å². The molecular weight excluding hydrogens is 165 g/mol. The van der Waals surface area contributed by atoms with Gasteiger partial charge in [-0.15, -0.1) is 0 Å². The predicted molar refractivity (Wildman–Crippen MR) is 37.2 cm³/mol.